The molecule has 0 bridgehead atoms. The molecule has 0 spiro atoms. The molecule has 4 nitrogen and oxygen atoms in total. The van der Waals surface area contributed by atoms with Crippen molar-refractivity contribution in [3.63, 3.8) is 0 Å². The number of hydrogen-bond donors (Lipinski definition) is 1. The maximum absolute atomic E-state index is 4.59. The number of hydrogen-bond acceptors (Lipinski definition) is 3. The van der Waals surface area contributed by atoms with E-state index in [2.05, 4.69) is 29.1 Å². The minimum absolute atomic E-state index is 0.576. The third-order valence-corrected chi connectivity index (χ3v) is 4.07. The molecule has 0 aliphatic carbocycles. The van der Waals surface area contributed by atoms with Gasteiger partial charge in [-0.15, -0.1) is 0 Å². The van der Waals surface area contributed by atoms with Crippen LogP contribution in [0, 0.1) is 5.92 Å². The third kappa shape index (κ3) is 3.25. The van der Waals surface area contributed by atoms with E-state index in [-0.39, 0.29) is 0 Å². The van der Waals surface area contributed by atoms with Crippen LogP contribution in [-0.2, 0) is 13.5 Å². The summed E-state index contributed by atoms with van der Waals surface area (Å²) in [5, 5.41) is 4.57. The largest absolute Gasteiger partial charge is 0.361 e. The van der Waals surface area contributed by atoms with Crippen LogP contribution < -0.4 is 5.32 Å². The van der Waals surface area contributed by atoms with Gasteiger partial charge in [-0.05, 0) is 5.92 Å². The first-order valence-corrected chi connectivity index (χ1v) is 7.05. The predicted octanol–water partition coefficient (Wildman–Crippen LogP) is 1.68. The van der Waals surface area contributed by atoms with E-state index in [1.165, 1.54) is 0 Å². The number of aliphatic imine (C=N–C) groups is 1. The Morgan fingerprint density at radius 3 is 3.06 bits per heavy atom. The molecule has 0 aromatic carbocycles. The van der Waals surface area contributed by atoms with Crippen molar-refractivity contribution in [3.8, 4) is 0 Å². The monoisotopic (exact) mass is 252 g/mol. The minimum atomic E-state index is 0.576. The van der Waals surface area contributed by atoms with Gasteiger partial charge in [0.2, 0.25) is 0 Å². The number of nitrogens with one attached hydrogen (secondary N) is 1. The lowest BCUT2D eigenvalue weighted by atomic mass is 10.1. The van der Waals surface area contributed by atoms with E-state index in [0.717, 1.165) is 29.7 Å². The summed E-state index contributed by atoms with van der Waals surface area (Å²) in [5.74, 6) is 2.90. The highest BCUT2D eigenvalue weighted by atomic mass is 32.2. The van der Waals surface area contributed by atoms with Crippen LogP contribution in [0.5, 0.6) is 0 Å². The second kappa shape index (κ2) is 5.58. The van der Waals surface area contributed by atoms with Gasteiger partial charge in [0.1, 0.15) is 5.82 Å². The molecule has 1 N–H and O–H groups in total. The zero-order valence-corrected chi connectivity index (χ0v) is 11.5. The molecule has 1 aliphatic rings. The summed E-state index contributed by atoms with van der Waals surface area (Å²) < 4.78 is 2.05. The maximum atomic E-state index is 4.59. The molecule has 1 fully saturated rings. The number of aromatic nitrogens is 2. The first-order chi connectivity index (χ1) is 8.16. The zero-order chi connectivity index (χ0) is 12.3. The summed E-state index contributed by atoms with van der Waals surface area (Å²) in [6.07, 6.45) is 4.71. The van der Waals surface area contributed by atoms with Gasteiger partial charge in [-0.25, -0.2) is 4.98 Å². The van der Waals surface area contributed by atoms with E-state index in [1.807, 2.05) is 35.8 Å². The number of rotatable bonds is 4. The van der Waals surface area contributed by atoms with Crippen LogP contribution in [0.4, 0.5) is 0 Å². The van der Waals surface area contributed by atoms with Crippen molar-refractivity contribution in [2.45, 2.75) is 26.3 Å². The molecule has 2 rings (SSSR count). The van der Waals surface area contributed by atoms with Gasteiger partial charge in [-0.1, -0.05) is 25.6 Å². The number of nitrogens with zero attached hydrogens (tertiary/aromatic N) is 3. The first kappa shape index (κ1) is 12.5. The van der Waals surface area contributed by atoms with Crippen LogP contribution in [0.1, 0.15) is 19.7 Å². The van der Waals surface area contributed by atoms with Crippen molar-refractivity contribution in [2.75, 3.05) is 12.3 Å². The number of amidine groups is 1. The Kier molecular flexibility index (Phi) is 4.10. The zero-order valence-electron chi connectivity index (χ0n) is 10.7. The molecule has 0 saturated carbocycles. The summed E-state index contributed by atoms with van der Waals surface area (Å²) in [6.45, 7) is 5.30. The van der Waals surface area contributed by atoms with Crippen molar-refractivity contribution >= 4 is 16.9 Å². The van der Waals surface area contributed by atoms with Gasteiger partial charge in [0.25, 0.3) is 0 Å². The maximum Gasteiger partial charge on any atom is 0.156 e. The van der Waals surface area contributed by atoms with E-state index in [9.17, 15) is 0 Å². The lowest BCUT2D eigenvalue weighted by molar-refractivity contribution is 0.503. The molecule has 1 saturated heterocycles. The highest BCUT2D eigenvalue weighted by Gasteiger charge is 2.22. The molecule has 1 atom stereocenters. The number of thioether (sulfide) groups is 1. The molecule has 1 aromatic heterocycles. The van der Waals surface area contributed by atoms with E-state index >= 15 is 0 Å². The molecule has 0 amide bonds. The second-order valence-corrected chi connectivity index (χ2v) is 5.71. The normalized spacial score (nSPS) is 22.4. The van der Waals surface area contributed by atoms with Crippen LogP contribution in [0.25, 0.3) is 0 Å². The Morgan fingerprint density at radius 2 is 2.47 bits per heavy atom. The number of aryl methyl sites for hydroxylation is 1. The fourth-order valence-corrected chi connectivity index (χ4v) is 2.98. The van der Waals surface area contributed by atoms with Crippen LogP contribution in [0.2, 0.25) is 0 Å². The molecule has 0 radical (unpaired) electrons. The molecule has 2 heterocycles. The Hall–Kier alpha value is -0.970. The van der Waals surface area contributed by atoms with Crippen molar-refractivity contribution in [1.82, 2.24) is 14.9 Å². The fourth-order valence-electron chi connectivity index (χ4n) is 1.76. The van der Waals surface area contributed by atoms with E-state index in [4.69, 9.17) is 0 Å². The molecular formula is C12H20N4S. The van der Waals surface area contributed by atoms with Crippen LogP contribution >= 0.6 is 11.8 Å². The van der Waals surface area contributed by atoms with Gasteiger partial charge in [-0.2, -0.15) is 0 Å². The summed E-state index contributed by atoms with van der Waals surface area (Å²) in [6, 6.07) is 0.576. The van der Waals surface area contributed by atoms with Crippen LogP contribution in [-0.4, -0.2) is 33.1 Å². The SMILES string of the molecule is CC(C)C1CSC(=NCCc2nccn2C)N1. The van der Waals surface area contributed by atoms with Gasteiger partial charge in [-0.3, -0.25) is 4.99 Å². The van der Waals surface area contributed by atoms with Gasteiger partial charge < -0.3 is 9.88 Å². The Balaban J connectivity index is 1.80. The van der Waals surface area contributed by atoms with Crippen molar-refractivity contribution in [3.05, 3.63) is 18.2 Å². The fraction of sp³-hybridized carbons (Fsp3) is 0.667. The molecular weight excluding hydrogens is 232 g/mol. The minimum Gasteiger partial charge on any atom is -0.361 e. The molecule has 1 unspecified atom stereocenters. The second-order valence-electron chi connectivity index (χ2n) is 4.70. The summed E-state index contributed by atoms with van der Waals surface area (Å²) >= 11 is 1.83. The Labute approximate surface area is 107 Å². The van der Waals surface area contributed by atoms with E-state index in [0.29, 0.717) is 12.0 Å². The van der Waals surface area contributed by atoms with Gasteiger partial charge in [0.15, 0.2) is 5.17 Å². The molecule has 1 aliphatic heterocycles. The van der Waals surface area contributed by atoms with Gasteiger partial charge in [0, 0.05) is 44.2 Å². The Bertz CT molecular complexity index is 397. The highest BCUT2D eigenvalue weighted by molar-refractivity contribution is 8.14. The Morgan fingerprint density at radius 1 is 1.65 bits per heavy atom. The predicted molar refractivity (Wildman–Crippen MR) is 73.4 cm³/mol. The van der Waals surface area contributed by atoms with Crippen molar-refractivity contribution < 1.29 is 0 Å². The van der Waals surface area contributed by atoms with Crippen LogP contribution in [0.15, 0.2) is 17.4 Å². The summed E-state index contributed by atoms with van der Waals surface area (Å²) in [5.41, 5.74) is 0. The quantitative estimate of drug-likeness (QED) is 0.886. The smallest absolute Gasteiger partial charge is 0.156 e. The van der Waals surface area contributed by atoms with Gasteiger partial charge >= 0.3 is 0 Å². The lowest BCUT2D eigenvalue weighted by Gasteiger charge is -2.13. The van der Waals surface area contributed by atoms with Crippen LogP contribution in [0.3, 0.4) is 0 Å². The molecule has 5 heteroatoms. The third-order valence-electron chi connectivity index (χ3n) is 3.03. The average molecular weight is 252 g/mol. The standard InChI is InChI=1S/C12H20N4S/c1-9(2)10-8-17-12(15-10)14-5-4-11-13-6-7-16(11)3/h6-7,9-10H,4-5,8H2,1-3H3,(H,14,15). The van der Waals surface area contributed by atoms with Crippen molar-refractivity contribution in [1.29, 1.82) is 0 Å². The topological polar surface area (TPSA) is 42.2 Å². The molecule has 1 aromatic rings. The lowest BCUT2D eigenvalue weighted by Crippen LogP contribution is -2.31. The molecule has 94 valence electrons. The van der Waals surface area contributed by atoms with E-state index in [1.54, 1.807) is 0 Å². The summed E-state index contributed by atoms with van der Waals surface area (Å²) in [4.78, 5) is 8.88. The molecule has 17 heavy (non-hydrogen) atoms. The summed E-state index contributed by atoms with van der Waals surface area (Å²) in [7, 11) is 2.02. The average Bonchev–Trinajstić information content (AvgIpc) is 2.89. The van der Waals surface area contributed by atoms with Crippen molar-refractivity contribution in [2.24, 2.45) is 18.0 Å². The van der Waals surface area contributed by atoms with Gasteiger partial charge in [0.05, 0.1) is 0 Å². The van der Waals surface area contributed by atoms with E-state index < -0.39 is 0 Å². The highest BCUT2D eigenvalue weighted by Crippen LogP contribution is 2.18. The number of imidazole rings is 1. The first-order valence-electron chi connectivity index (χ1n) is 6.07.